The third-order valence-corrected chi connectivity index (χ3v) is 0.868. The van der Waals surface area contributed by atoms with Crippen molar-refractivity contribution < 1.29 is 4.74 Å². The van der Waals surface area contributed by atoms with Gasteiger partial charge in [0.05, 0.1) is 13.2 Å². The van der Waals surface area contributed by atoms with Crippen LogP contribution in [0.25, 0.3) is 0 Å². The average molecular weight is 140 g/mol. The van der Waals surface area contributed by atoms with E-state index in [0.717, 1.165) is 0 Å². The van der Waals surface area contributed by atoms with Gasteiger partial charge in [-0.2, -0.15) is 5.26 Å². The summed E-state index contributed by atoms with van der Waals surface area (Å²) in [7, 11) is 1.53. The maximum atomic E-state index is 8.27. The van der Waals surface area contributed by atoms with Crippen LogP contribution in [0, 0.1) is 11.3 Å². The molecule has 0 amide bonds. The molecule has 0 N–H and O–H groups in total. The maximum absolute atomic E-state index is 8.27. The van der Waals surface area contributed by atoms with Gasteiger partial charge >= 0.3 is 0 Å². The summed E-state index contributed by atoms with van der Waals surface area (Å²) in [5.41, 5.74) is 0. The standard InChI is InChI=1S/C7H12N2O/c1-6(2)9-7(10-3)4-5-8/h6H,4H2,1-3H3. The number of methoxy groups -OCH3 is 1. The van der Waals surface area contributed by atoms with Crippen LogP contribution < -0.4 is 0 Å². The Morgan fingerprint density at radius 1 is 1.70 bits per heavy atom. The predicted octanol–water partition coefficient (Wildman–Crippen LogP) is 1.35. The Hall–Kier alpha value is -1.04. The van der Waals surface area contributed by atoms with Crippen molar-refractivity contribution in [2.24, 2.45) is 4.99 Å². The second-order valence-electron chi connectivity index (χ2n) is 2.16. The lowest BCUT2D eigenvalue weighted by molar-refractivity contribution is 0.391. The Labute approximate surface area is 61.3 Å². The molecule has 3 nitrogen and oxygen atoms in total. The number of ether oxygens (including phenoxy) is 1. The minimum Gasteiger partial charge on any atom is -0.484 e. The van der Waals surface area contributed by atoms with Gasteiger partial charge in [0, 0.05) is 6.04 Å². The summed E-state index contributed by atoms with van der Waals surface area (Å²) in [4.78, 5) is 4.06. The first-order valence-electron chi connectivity index (χ1n) is 3.18. The van der Waals surface area contributed by atoms with Crippen LogP contribution in [0.2, 0.25) is 0 Å². The van der Waals surface area contributed by atoms with Crippen LogP contribution in [0.15, 0.2) is 4.99 Å². The van der Waals surface area contributed by atoms with Gasteiger partial charge < -0.3 is 4.74 Å². The summed E-state index contributed by atoms with van der Waals surface area (Å²) in [6.07, 6.45) is 0.259. The molecule has 0 heterocycles. The first-order chi connectivity index (χ1) is 4.70. The van der Waals surface area contributed by atoms with Crippen LogP contribution in [0.1, 0.15) is 20.3 Å². The van der Waals surface area contributed by atoms with Gasteiger partial charge in [-0.15, -0.1) is 0 Å². The van der Waals surface area contributed by atoms with E-state index in [1.54, 1.807) is 0 Å². The Morgan fingerprint density at radius 3 is 2.60 bits per heavy atom. The number of nitriles is 1. The molecule has 0 aromatic heterocycles. The molecule has 0 atom stereocenters. The Morgan fingerprint density at radius 2 is 2.30 bits per heavy atom. The Kier molecular flexibility index (Phi) is 4.30. The zero-order chi connectivity index (χ0) is 7.98. The van der Waals surface area contributed by atoms with Gasteiger partial charge in [0.25, 0.3) is 0 Å². The summed E-state index contributed by atoms with van der Waals surface area (Å²) in [6, 6.07) is 2.17. The number of aliphatic imine (C=N–C) groups is 1. The smallest absolute Gasteiger partial charge is 0.197 e. The number of rotatable bonds is 2. The Bertz CT molecular complexity index is 155. The van der Waals surface area contributed by atoms with E-state index < -0.39 is 0 Å². The molecule has 0 radical (unpaired) electrons. The molecule has 10 heavy (non-hydrogen) atoms. The van der Waals surface area contributed by atoms with E-state index in [-0.39, 0.29) is 12.5 Å². The van der Waals surface area contributed by atoms with Crippen molar-refractivity contribution in [3.8, 4) is 6.07 Å². The van der Waals surface area contributed by atoms with E-state index in [0.29, 0.717) is 5.90 Å². The molecule has 56 valence electrons. The highest BCUT2D eigenvalue weighted by Crippen LogP contribution is 1.92. The molecule has 3 heteroatoms. The molecule has 0 aliphatic rings. The molecular formula is C7H12N2O. The summed E-state index contributed by atoms with van der Waals surface area (Å²) in [5.74, 6) is 0.512. The molecular weight excluding hydrogens is 128 g/mol. The van der Waals surface area contributed by atoms with Gasteiger partial charge in [-0.1, -0.05) is 0 Å². The summed E-state index contributed by atoms with van der Waals surface area (Å²) >= 11 is 0. The maximum Gasteiger partial charge on any atom is 0.197 e. The van der Waals surface area contributed by atoms with Gasteiger partial charge in [-0.05, 0) is 13.8 Å². The summed E-state index contributed by atoms with van der Waals surface area (Å²) in [5, 5.41) is 8.27. The molecule has 0 rings (SSSR count). The lowest BCUT2D eigenvalue weighted by Gasteiger charge is -2.01. The van der Waals surface area contributed by atoms with Gasteiger partial charge in [-0.3, -0.25) is 4.99 Å². The minimum atomic E-state index is 0.197. The quantitative estimate of drug-likeness (QED) is 0.429. The molecule has 0 aromatic rings. The van der Waals surface area contributed by atoms with E-state index in [1.165, 1.54) is 7.11 Å². The lowest BCUT2D eigenvalue weighted by atomic mass is 10.4. The normalized spacial score (nSPS) is 11.3. The number of hydrogen-bond acceptors (Lipinski definition) is 3. The van der Waals surface area contributed by atoms with Crippen molar-refractivity contribution in [3.05, 3.63) is 0 Å². The fraction of sp³-hybridized carbons (Fsp3) is 0.714. The largest absolute Gasteiger partial charge is 0.484 e. The molecule has 0 saturated heterocycles. The van der Waals surface area contributed by atoms with Crippen LogP contribution in [-0.2, 0) is 4.74 Å². The number of hydrogen-bond donors (Lipinski definition) is 0. The third-order valence-electron chi connectivity index (χ3n) is 0.868. The monoisotopic (exact) mass is 140 g/mol. The van der Waals surface area contributed by atoms with Crippen molar-refractivity contribution in [2.75, 3.05) is 7.11 Å². The van der Waals surface area contributed by atoms with Crippen LogP contribution in [0.4, 0.5) is 0 Å². The highest BCUT2D eigenvalue weighted by atomic mass is 16.5. The summed E-state index contributed by atoms with van der Waals surface area (Å²) in [6.45, 7) is 3.88. The van der Waals surface area contributed by atoms with Crippen molar-refractivity contribution in [2.45, 2.75) is 26.3 Å². The fourth-order valence-corrected chi connectivity index (χ4v) is 0.526. The second kappa shape index (κ2) is 4.80. The Balaban J connectivity index is 3.94. The van der Waals surface area contributed by atoms with Crippen molar-refractivity contribution >= 4 is 5.90 Å². The molecule has 0 bridgehead atoms. The molecule has 0 fully saturated rings. The molecule has 0 saturated carbocycles. The van der Waals surface area contributed by atoms with Crippen LogP contribution in [0.5, 0.6) is 0 Å². The predicted molar refractivity (Wildman–Crippen MR) is 39.8 cm³/mol. The lowest BCUT2D eigenvalue weighted by Crippen LogP contribution is -2.03. The van der Waals surface area contributed by atoms with Gasteiger partial charge in [0.2, 0.25) is 0 Å². The van der Waals surface area contributed by atoms with Crippen molar-refractivity contribution in [1.29, 1.82) is 5.26 Å². The highest BCUT2D eigenvalue weighted by molar-refractivity contribution is 5.78. The number of nitrogens with zero attached hydrogens (tertiary/aromatic N) is 2. The zero-order valence-corrected chi connectivity index (χ0v) is 6.59. The van der Waals surface area contributed by atoms with Crippen molar-refractivity contribution in [3.63, 3.8) is 0 Å². The van der Waals surface area contributed by atoms with Crippen LogP contribution >= 0.6 is 0 Å². The molecule has 0 aliphatic carbocycles. The first-order valence-corrected chi connectivity index (χ1v) is 3.18. The highest BCUT2D eigenvalue weighted by Gasteiger charge is 1.96. The third kappa shape index (κ3) is 3.90. The fourth-order valence-electron chi connectivity index (χ4n) is 0.526. The van der Waals surface area contributed by atoms with E-state index >= 15 is 0 Å². The average Bonchev–Trinajstić information content (AvgIpc) is 1.86. The van der Waals surface area contributed by atoms with E-state index in [9.17, 15) is 0 Å². The molecule has 0 aromatic carbocycles. The SMILES string of the molecule is COC(CC#N)=NC(C)C. The van der Waals surface area contributed by atoms with Gasteiger partial charge in [-0.25, -0.2) is 0 Å². The molecule has 0 spiro atoms. The first kappa shape index (κ1) is 8.96. The van der Waals surface area contributed by atoms with E-state index in [2.05, 4.69) is 4.99 Å². The second-order valence-corrected chi connectivity index (χ2v) is 2.16. The van der Waals surface area contributed by atoms with Gasteiger partial charge in [0.15, 0.2) is 5.90 Å². The zero-order valence-electron chi connectivity index (χ0n) is 6.59. The van der Waals surface area contributed by atoms with E-state index in [4.69, 9.17) is 10.00 Å². The molecule has 0 aliphatic heterocycles. The van der Waals surface area contributed by atoms with E-state index in [1.807, 2.05) is 19.9 Å². The summed E-state index contributed by atoms with van der Waals surface area (Å²) < 4.78 is 4.83. The van der Waals surface area contributed by atoms with Gasteiger partial charge in [0.1, 0.15) is 6.42 Å². The van der Waals surface area contributed by atoms with Crippen LogP contribution in [0.3, 0.4) is 0 Å². The minimum absolute atomic E-state index is 0.197. The topological polar surface area (TPSA) is 45.4 Å². The van der Waals surface area contributed by atoms with Crippen molar-refractivity contribution in [1.82, 2.24) is 0 Å². The van der Waals surface area contributed by atoms with Crippen LogP contribution in [-0.4, -0.2) is 19.0 Å². The molecule has 0 unspecified atom stereocenters.